The van der Waals surface area contributed by atoms with E-state index in [-0.39, 0.29) is 0 Å². The summed E-state index contributed by atoms with van der Waals surface area (Å²) in [6.07, 6.45) is 2.10. The van der Waals surface area contributed by atoms with Crippen molar-refractivity contribution >= 4 is 23.5 Å². The van der Waals surface area contributed by atoms with Gasteiger partial charge < -0.3 is 0 Å². The van der Waals surface area contributed by atoms with Gasteiger partial charge in [-0.05, 0) is 24.9 Å². The molecule has 0 nitrogen and oxygen atoms in total. The Balaban J connectivity index is 3.06. The molecule has 0 aromatic rings. The summed E-state index contributed by atoms with van der Waals surface area (Å²) in [6, 6.07) is 0. The summed E-state index contributed by atoms with van der Waals surface area (Å²) in [5.74, 6) is 2.03. The fourth-order valence-corrected chi connectivity index (χ4v) is 1.75. The highest BCUT2D eigenvalue weighted by Gasteiger charge is 2.00. The van der Waals surface area contributed by atoms with Gasteiger partial charge in [-0.2, -0.15) is 11.8 Å². The zero-order chi connectivity index (χ0) is 7.28. The fourth-order valence-electron chi connectivity index (χ4n) is 0.368. The molecule has 0 aromatic heterocycles. The van der Waals surface area contributed by atoms with Gasteiger partial charge in [-0.3, -0.25) is 0 Å². The largest absolute Gasteiger partial charge is 0.151 e. The first-order chi connectivity index (χ1) is 4.16. The molecule has 0 amide bonds. The van der Waals surface area contributed by atoms with E-state index in [2.05, 4.69) is 27.0 Å². The topological polar surface area (TPSA) is 0 Å². The molecular weight excluding hydrogens is 148 g/mol. The molecule has 0 saturated heterocycles. The lowest BCUT2D eigenvalue weighted by Gasteiger charge is -2.08. The first-order valence-corrected chi connectivity index (χ1v) is 5.48. The molecule has 0 N–H and O–H groups in total. The Labute approximate surface area is 67.2 Å². The van der Waals surface area contributed by atoms with E-state index >= 15 is 0 Å². The van der Waals surface area contributed by atoms with Gasteiger partial charge in [-0.1, -0.05) is 13.8 Å². The first kappa shape index (κ1) is 9.70. The Bertz CT molecular complexity index is 61.9. The number of rotatable bonds is 4. The Morgan fingerprint density at radius 3 is 2.33 bits per heavy atom. The van der Waals surface area contributed by atoms with Crippen LogP contribution in [0.4, 0.5) is 0 Å². The molecule has 0 rings (SSSR count). The van der Waals surface area contributed by atoms with Crippen molar-refractivity contribution in [1.82, 2.24) is 0 Å². The summed E-state index contributed by atoms with van der Waals surface area (Å²) in [5, 5.41) is 0. The number of hydrogen-bond donors (Lipinski definition) is 0. The van der Waals surface area contributed by atoms with Crippen molar-refractivity contribution in [2.24, 2.45) is 5.92 Å². The molecule has 1 atom stereocenters. The normalized spacial score (nSPS) is 14.3. The molecule has 0 aliphatic carbocycles. The minimum Gasteiger partial charge on any atom is -0.151 e. The zero-order valence-corrected chi connectivity index (χ0v) is 8.02. The molecule has 1 radical (unpaired) electrons. The van der Waals surface area contributed by atoms with Gasteiger partial charge in [0.2, 0.25) is 0 Å². The molecule has 0 aliphatic rings. The molecule has 0 bridgehead atoms. The maximum absolute atomic E-state index is 3.95. The van der Waals surface area contributed by atoms with Gasteiger partial charge in [0, 0.05) is 0 Å². The third kappa shape index (κ3) is 6.59. The van der Waals surface area contributed by atoms with E-state index < -0.39 is 0 Å². The van der Waals surface area contributed by atoms with Crippen LogP contribution >= 0.6 is 23.5 Å². The van der Waals surface area contributed by atoms with Crippen molar-refractivity contribution in [1.29, 1.82) is 0 Å². The second-order valence-corrected chi connectivity index (χ2v) is 4.97. The van der Waals surface area contributed by atoms with Gasteiger partial charge >= 0.3 is 0 Å². The summed E-state index contributed by atoms with van der Waals surface area (Å²) in [5.41, 5.74) is 0. The Morgan fingerprint density at radius 2 is 2.00 bits per heavy atom. The van der Waals surface area contributed by atoms with E-state index in [9.17, 15) is 0 Å². The van der Waals surface area contributed by atoms with Crippen LogP contribution in [0.3, 0.4) is 0 Å². The van der Waals surface area contributed by atoms with E-state index in [0.717, 1.165) is 5.92 Å². The van der Waals surface area contributed by atoms with Gasteiger partial charge in [0.1, 0.15) is 0 Å². The van der Waals surface area contributed by atoms with Gasteiger partial charge in [0.15, 0.2) is 0 Å². The summed E-state index contributed by atoms with van der Waals surface area (Å²) in [4.78, 5) is 0. The van der Waals surface area contributed by atoms with Crippen LogP contribution in [0.5, 0.6) is 0 Å². The predicted molar refractivity (Wildman–Crippen MR) is 50.0 cm³/mol. The second-order valence-electron chi connectivity index (χ2n) is 2.39. The molecule has 0 spiro atoms. The molecule has 0 fully saturated rings. The third-order valence-corrected chi connectivity index (χ3v) is 3.62. The SMILES string of the molecule is [CH2]C(SC)SCC(C)C. The van der Waals surface area contributed by atoms with Crippen molar-refractivity contribution in [3.8, 4) is 0 Å². The molecule has 2 heteroatoms. The maximum Gasteiger partial charge on any atom is 0.0500 e. The molecule has 55 valence electrons. The highest BCUT2D eigenvalue weighted by molar-refractivity contribution is 8.16. The highest BCUT2D eigenvalue weighted by atomic mass is 32.2. The summed E-state index contributed by atoms with van der Waals surface area (Å²) >= 11 is 3.75. The van der Waals surface area contributed by atoms with E-state index in [1.165, 1.54) is 5.75 Å². The molecule has 0 saturated carbocycles. The fraction of sp³-hybridized carbons (Fsp3) is 0.857. The standard InChI is InChI=1S/C7H15S2/c1-6(2)5-9-7(3)8-4/h6-7H,3,5H2,1-2,4H3. The van der Waals surface area contributed by atoms with Gasteiger partial charge in [0.25, 0.3) is 0 Å². The quantitative estimate of drug-likeness (QED) is 0.584. The van der Waals surface area contributed by atoms with E-state index in [0.29, 0.717) is 4.58 Å². The van der Waals surface area contributed by atoms with Crippen LogP contribution in [0.15, 0.2) is 0 Å². The van der Waals surface area contributed by atoms with Crippen LogP contribution < -0.4 is 0 Å². The molecule has 9 heavy (non-hydrogen) atoms. The lowest BCUT2D eigenvalue weighted by atomic mass is 10.3. The highest BCUT2D eigenvalue weighted by Crippen LogP contribution is 2.21. The second kappa shape index (κ2) is 5.48. The van der Waals surface area contributed by atoms with Crippen molar-refractivity contribution in [2.75, 3.05) is 12.0 Å². The molecule has 1 unspecified atom stereocenters. The average molecular weight is 163 g/mol. The molecule has 0 aromatic carbocycles. The van der Waals surface area contributed by atoms with Crippen LogP contribution in [-0.2, 0) is 0 Å². The van der Waals surface area contributed by atoms with Gasteiger partial charge in [-0.25, -0.2) is 0 Å². The zero-order valence-electron chi connectivity index (χ0n) is 6.39. The Morgan fingerprint density at radius 1 is 1.44 bits per heavy atom. The van der Waals surface area contributed by atoms with E-state index in [4.69, 9.17) is 0 Å². The molecular formula is C7H15S2. The lowest BCUT2D eigenvalue weighted by molar-refractivity contribution is 0.750. The summed E-state index contributed by atoms with van der Waals surface area (Å²) in [6.45, 7) is 8.43. The van der Waals surface area contributed by atoms with E-state index in [1.807, 2.05) is 23.5 Å². The minimum absolute atomic E-state index is 0.521. The average Bonchev–Trinajstić information content (AvgIpc) is 1.83. The lowest BCUT2D eigenvalue weighted by Crippen LogP contribution is -1.96. The van der Waals surface area contributed by atoms with Crippen LogP contribution in [0, 0.1) is 12.8 Å². The van der Waals surface area contributed by atoms with Crippen LogP contribution in [-0.4, -0.2) is 16.6 Å². The van der Waals surface area contributed by atoms with Gasteiger partial charge in [-0.15, -0.1) is 11.8 Å². The van der Waals surface area contributed by atoms with Crippen molar-refractivity contribution in [2.45, 2.75) is 18.4 Å². The molecule has 0 heterocycles. The predicted octanol–water partition coefficient (Wildman–Crippen LogP) is 2.90. The van der Waals surface area contributed by atoms with Crippen molar-refractivity contribution in [3.05, 3.63) is 6.92 Å². The van der Waals surface area contributed by atoms with Crippen molar-refractivity contribution < 1.29 is 0 Å². The first-order valence-electron chi connectivity index (χ1n) is 3.14. The molecule has 0 aliphatic heterocycles. The summed E-state index contributed by atoms with van der Waals surface area (Å²) in [7, 11) is 0. The summed E-state index contributed by atoms with van der Waals surface area (Å²) < 4.78 is 0.521. The van der Waals surface area contributed by atoms with Crippen LogP contribution in [0.2, 0.25) is 0 Å². The third-order valence-electron chi connectivity index (χ3n) is 0.878. The minimum atomic E-state index is 0.521. The number of thioether (sulfide) groups is 2. The van der Waals surface area contributed by atoms with Crippen molar-refractivity contribution in [3.63, 3.8) is 0 Å². The monoisotopic (exact) mass is 163 g/mol. The van der Waals surface area contributed by atoms with E-state index in [1.54, 1.807) is 0 Å². The van der Waals surface area contributed by atoms with Crippen LogP contribution in [0.25, 0.3) is 0 Å². The Kier molecular flexibility index (Phi) is 5.91. The Hall–Kier alpha value is 0.700. The smallest absolute Gasteiger partial charge is 0.0500 e. The van der Waals surface area contributed by atoms with Gasteiger partial charge in [0.05, 0.1) is 4.58 Å². The maximum atomic E-state index is 3.95. The number of hydrogen-bond acceptors (Lipinski definition) is 2. The van der Waals surface area contributed by atoms with Crippen LogP contribution in [0.1, 0.15) is 13.8 Å².